The van der Waals surface area contributed by atoms with Gasteiger partial charge in [-0.2, -0.15) is 0 Å². The first kappa shape index (κ1) is 19.9. The first-order valence-corrected chi connectivity index (χ1v) is 10.8. The van der Waals surface area contributed by atoms with Crippen molar-refractivity contribution < 1.29 is 4.79 Å². The smallest absolute Gasteiger partial charge is 0.275 e. The zero-order valence-electron chi connectivity index (χ0n) is 16.5. The van der Waals surface area contributed by atoms with Gasteiger partial charge in [-0.15, -0.1) is 11.3 Å². The molecule has 1 N–H and O–H groups in total. The van der Waals surface area contributed by atoms with E-state index in [1.54, 1.807) is 11.4 Å². The third-order valence-corrected chi connectivity index (χ3v) is 6.21. The fourth-order valence-corrected chi connectivity index (χ4v) is 4.30. The van der Waals surface area contributed by atoms with Gasteiger partial charge < -0.3 is 15.1 Å². The number of piperazine rings is 1. The molecule has 1 aromatic heterocycles. The molecule has 0 spiro atoms. The molecule has 2 aromatic carbocycles. The van der Waals surface area contributed by atoms with Crippen LogP contribution in [-0.4, -0.2) is 49.0 Å². The number of aryl methyl sites for hydroxylation is 1. The van der Waals surface area contributed by atoms with E-state index in [0.717, 1.165) is 48.1 Å². The van der Waals surface area contributed by atoms with Crippen LogP contribution in [0.5, 0.6) is 0 Å². The topological polar surface area (TPSA) is 48.5 Å². The van der Waals surface area contributed by atoms with Crippen LogP contribution in [0, 0.1) is 6.92 Å². The fourth-order valence-electron chi connectivity index (χ4n) is 3.32. The summed E-state index contributed by atoms with van der Waals surface area (Å²) < 4.78 is 0. The molecule has 150 valence electrons. The Hall–Kier alpha value is -2.41. The Morgan fingerprint density at radius 1 is 1.10 bits per heavy atom. The molecule has 0 radical (unpaired) electrons. The number of rotatable bonds is 4. The molecule has 0 saturated carbocycles. The van der Waals surface area contributed by atoms with E-state index in [0.29, 0.717) is 10.7 Å². The molecule has 1 aliphatic rings. The summed E-state index contributed by atoms with van der Waals surface area (Å²) in [6, 6.07) is 13.8. The number of hydrogen-bond acceptors (Lipinski definition) is 5. The monoisotopic (exact) mass is 426 g/mol. The fraction of sp³-hybridized carbons (Fsp3) is 0.273. The number of benzene rings is 2. The lowest BCUT2D eigenvalue weighted by atomic mass is 10.2. The van der Waals surface area contributed by atoms with Crippen molar-refractivity contribution in [3.8, 4) is 10.6 Å². The Balaban J connectivity index is 1.54. The highest BCUT2D eigenvalue weighted by molar-refractivity contribution is 7.13. The zero-order chi connectivity index (χ0) is 20.4. The number of halogens is 1. The lowest BCUT2D eigenvalue weighted by molar-refractivity contribution is 0.102. The molecule has 1 amide bonds. The molecular weight excluding hydrogens is 404 g/mol. The number of carbonyl (C=O) groups excluding carboxylic acids is 1. The van der Waals surface area contributed by atoms with Crippen molar-refractivity contribution in [3.05, 3.63) is 64.1 Å². The van der Waals surface area contributed by atoms with Gasteiger partial charge in [0.2, 0.25) is 0 Å². The van der Waals surface area contributed by atoms with Gasteiger partial charge in [0, 0.05) is 42.1 Å². The molecule has 2 heterocycles. The summed E-state index contributed by atoms with van der Waals surface area (Å²) in [5.74, 6) is -0.225. The van der Waals surface area contributed by atoms with E-state index in [2.05, 4.69) is 27.1 Å². The van der Waals surface area contributed by atoms with Crippen molar-refractivity contribution in [1.82, 2.24) is 9.88 Å². The van der Waals surface area contributed by atoms with Crippen LogP contribution in [0.4, 0.5) is 11.4 Å². The first-order chi connectivity index (χ1) is 14.0. The minimum Gasteiger partial charge on any atom is -0.367 e. The Labute approximate surface area is 179 Å². The maximum absolute atomic E-state index is 12.9. The van der Waals surface area contributed by atoms with Crippen molar-refractivity contribution in [2.45, 2.75) is 6.92 Å². The number of anilines is 2. The number of amides is 1. The maximum atomic E-state index is 12.9. The number of nitrogens with one attached hydrogen (secondary N) is 1. The number of carbonyl (C=O) groups is 1. The summed E-state index contributed by atoms with van der Waals surface area (Å²) in [6.07, 6.45) is 0. The Bertz CT molecular complexity index is 1010. The highest BCUT2D eigenvalue weighted by Gasteiger charge is 2.20. The second-order valence-corrected chi connectivity index (χ2v) is 8.60. The predicted molar refractivity (Wildman–Crippen MR) is 121 cm³/mol. The third kappa shape index (κ3) is 4.61. The molecule has 3 aromatic rings. The Morgan fingerprint density at radius 3 is 2.55 bits per heavy atom. The summed E-state index contributed by atoms with van der Waals surface area (Å²) in [5.41, 5.74) is 4.33. The second-order valence-electron chi connectivity index (χ2n) is 7.31. The van der Waals surface area contributed by atoms with Gasteiger partial charge in [0.25, 0.3) is 5.91 Å². The van der Waals surface area contributed by atoms with Gasteiger partial charge in [-0.1, -0.05) is 41.4 Å². The van der Waals surface area contributed by atoms with Crippen LogP contribution in [0.1, 0.15) is 16.1 Å². The minimum atomic E-state index is -0.225. The van der Waals surface area contributed by atoms with E-state index in [1.165, 1.54) is 16.9 Å². The zero-order valence-corrected chi connectivity index (χ0v) is 18.1. The van der Waals surface area contributed by atoms with Crippen LogP contribution in [0.25, 0.3) is 10.6 Å². The van der Waals surface area contributed by atoms with E-state index in [1.807, 2.05) is 43.3 Å². The molecule has 7 heteroatoms. The number of nitrogens with zero attached hydrogens (tertiary/aromatic N) is 3. The lowest BCUT2D eigenvalue weighted by Gasteiger charge is -2.35. The molecule has 0 unspecified atom stereocenters. The van der Waals surface area contributed by atoms with Crippen LogP contribution in [0.2, 0.25) is 5.02 Å². The summed E-state index contributed by atoms with van der Waals surface area (Å²) in [7, 11) is 2.12. The molecule has 0 bridgehead atoms. The van der Waals surface area contributed by atoms with Crippen LogP contribution in [0.3, 0.4) is 0 Å². The van der Waals surface area contributed by atoms with Gasteiger partial charge in [-0.3, -0.25) is 4.79 Å². The molecule has 4 rings (SSSR count). The van der Waals surface area contributed by atoms with Crippen LogP contribution in [-0.2, 0) is 0 Å². The molecule has 1 aliphatic heterocycles. The van der Waals surface area contributed by atoms with Crippen LogP contribution >= 0.6 is 22.9 Å². The van der Waals surface area contributed by atoms with Gasteiger partial charge in [-0.25, -0.2) is 4.98 Å². The number of aromatic nitrogens is 1. The highest BCUT2D eigenvalue weighted by Crippen LogP contribution is 2.31. The quantitative estimate of drug-likeness (QED) is 0.652. The van der Waals surface area contributed by atoms with Crippen molar-refractivity contribution in [1.29, 1.82) is 0 Å². The summed E-state index contributed by atoms with van der Waals surface area (Å²) in [5, 5.41) is 6.24. The molecule has 5 nitrogen and oxygen atoms in total. The largest absolute Gasteiger partial charge is 0.367 e. The first-order valence-electron chi connectivity index (χ1n) is 9.56. The average Bonchev–Trinajstić information content (AvgIpc) is 3.20. The van der Waals surface area contributed by atoms with E-state index >= 15 is 0 Å². The van der Waals surface area contributed by atoms with E-state index in [9.17, 15) is 4.79 Å². The standard InChI is InChI=1S/C22H23ClN4OS/c1-15-3-5-16(6-4-15)22-25-19(14-29-22)21(28)24-18-13-17(23)7-8-20(18)27-11-9-26(2)10-12-27/h3-8,13-14H,9-12H2,1-2H3,(H,24,28). The molecule has 0 atom stereocenters. The molecular formula is C22H23ClN4OS. The van der Waals surface area contributed by atoms with Gasteiger partial charge in [0.05, 0.1) is 11.4 Å². The second kappa shape index (κ2) is 8.53. The van der Waals surface area contributed by atoms with E-state index < -0.39 is 0 Å². The number of likely N-dealkylation sites (N-methyl/N-ethyl adjacent to an activating group) is 1. The van der Waals surface area contributed by atoms with Gasteiger partial charge in [0.1, 0.15) is 10.7 Å². The minimum absolute atomic E-state index is 0.225. The Kier molecular flexibility index (Phi) is 5.85. The van der Waals surface area contributed by atoms with E-state index in [-0.39, 0.29) is 5.91 Å². The van der Waals surface area contributed by atoms with Crippen LogP contribution in [0.15, 0.2) is 47.8 Å². The summed E-state index contributed by atoms with van der Waals surface area (Å²) in [6.45, 7) is 5.85. The summed E-state index contributed by atoms with van der Waals surface area (Å²) >= 11 is 7.68. The number of hydrogen-bond donors (Lipinski definition) is 1. The van der Waals surface area contributed by atoms with Crippen molar-refractivity contribution >= 4 is 40.2 Å². The van der Waals surface area contributed by atoms with Gasteiger partial charge in [0.15, 0.2) is 0 Å². The third-order valence-electron chi connectivity index (χ3n) is 5.09. The lowest BCUT2D eigenvalue weighted by Crippen LogP contribution is -2.44. The molecule has 29 heavy (non-hydrogen) atoms. The average molecular weight is 427 g/mol. The normalized spacial score (nSPS) is 14.8. The van der Waals surface area contributed by atoms with Crippen molar-refractivity contribution in [2.75, 3.05) is 43.4 Å². The van der Waals surface area contributed by atoms with Crippen LogP contribution < -0.4 is 10.2 Å². The van der Waals surface area contributed by atoms with Crippen molar-refractivity contribution in [2.24, 2.45) is 0 Å². The predicted octanol–water partition coefficient (Wildman–Crippen LogP) is 4.78. The summed E-state index contributed by atoms with van der Waals surface area (Å²) in [4.78, 5) is 22.0. The Morgan fingerprint density at radius 2 is 1.83 bits per heavy atom. The molecule has 1 saturated heterocycles. The van der Waals surface area contributed by atoms with E-state index in [4.69, 9.17) is 11.6 Å². The van der Waals surface area contributed by atoms with Gasteiger partial charge in [-0.05, 0) is 32.2 Å². The maximum Gasteiger partial charge on any atom is 0.275 e. The highest BCUT2D eigenvalue weighted by atomic mass is 35.5. The van der Waals surface area contributed by atoms with Gasteiger partial charge >= 0.3 is 0 Å². The SMILES string of the molecule is Cc1ccc(-c2nc(C(=O)Nc3cc(Cl)ccc3N3CCN(C)CC3)cs2)cc1. The molecule has 1 fully saturated rings. The number of thiazole rings is 1. The van der Waals surface area contributed by atoms with Crippen molar-refractivity contribution in [3.63, 3.8) is 0 Å². The molecule has 0 aliphatic carbocycles.